The van der Waals surface area contributed by atoms with Gasteiger partial charge < -0.3 is 10.4 Å². The van der Waals surface area contributed by atoms with E-state index >= 15 is 0 Å². The summed E-state index contributed by atoms with van der Waals surface area (Å²) in [4.78, 5) is 21.7. The standard InChI is InChI=1S/C9H13NO3/c1-3-5(2)10-8(11)6-4-7(6)9(12)13/h3,5-7H,1,4H2,2H3,(H,10,11)(H,12,13). The molecule has 0 radical (unpaired) electrons. The van der Waals surface area contributed by atoms with Crippen molar-refractivity contribution >= 4 is 11.9 Å². The molecule has 0 aromatic rings. The molecule has 4 nitrogen and oxygen atoms in total. The summed E-state index contributed by atoms with van der Waals surface area (Å²) < 4.78 is 0. The molecule has 1 amide bonds. The summed E-state index contributed by atoms with van der Waals surface area (Å²) in [6, 6.07) is -0.0949. The summed E-state index contributed by atoms with van der Waals surface area (Å²) in [5.41, 5.74) is 0. The van der Waals surface area contributed by atoms with Gasteiger partial charge in [0.15, 0.2) is 0 Å². The Balaban J connectivity index is 2.35. The first kappa shape index (κ1) is 9.77. The Morgan fingerprint density at radius 3 is 2.62 bits per heavy atom. The van der Waals surface area contributed by atoms with Crippen LogP contribution in [0.3, 0.4) is 0 Å². The van der Waals surface area contributed by atoms with E-state index in [0.717, 1.165) is 0 Å². The highest BCUT2D eigenvalue weighted by Crippen LogP contribution is 2.38. The molecule has 0 spiro atoms. The fraction of sp³-hybridized carbons (Fsp3) is 0.556. The molecular formula is C9H13NO3. The van der Waals surface area contributed by atoms with Crippen molar-refractivity contribution in [3.63, 3.8) is 0 Å². The number of rotatable bonds is 4. The molecule has 1 aliphatic rings. The van der Waals surface area contributed by atoms with E-state index in [1.165, 1.54) is 0 Å². The van der Waals surface area contributed by atoms with E-state index in [1.54, 1.807) is 13.0 Å². The third-order valence-corrected chi connectivity index (χ3v) is 2.17. The minimum absolute atomic E-state index is 0.0949. The van der Waals surface area contributed by atoms with Gasteiger partial charge in [0, 0.05) is 6.04 Å². The van der Waals surface area contributed by atoms with E-state index in [2.05, 4.69) is 11.9 Å². The minimum Gasteiger partial charge on any atom is -0.481 e. The molecule has 0 bridgehead atoms. The average Bonchev–Trinajstić information content (AvgIpc) is 2.82. The third kappa shape index (κ3) is 2.31. The summed E-state index contributed by atoms with van der Waals surface area (Å²) in [7, 11) is 0. The van der Waals surface area contributed by atoms with Crippen molar-refractivity contribution in [3.8, 4) is 0 Å². The van der Waals surface area contributed by atoms with Gasteiger partial charge in [-0.15, -0.1) is 6.58 Å². The zero-order valence-electron chi connectivity index (χ0n) is 7.49. The quantitative estimate of drug-likeness (QED) is 0.620. The van der Waals surface area contributed by atoms with Crippen molar-refractivity contribution < 1.29 is 14.7 Å². The van der Waals surface area contributed by atoms with Crippen LogP contribution in [0.25, 0.3) is 0 Å². The number of hydrogen-bond acceptors (Lipinski definition) is 2. The molecule has 2 N–H and O–H groups in total. The Morgan fingerprint density at radius 2 is 2.23 bits per heavy atom. The molecule has 0 aliphatic heterocycles. The number of hydrogen-bond donors (Lipinski definition) is 2. The van der Waals surface area contributed by atoms with Crippen LogP contribution in [0.1, 0.15) is 13.3 Å². The van der Waals surface area contributed by atoms with E-state index in [1.807, 2.05) is 0 Å². The Hall–Kier alpha value is -1.32. The molecule has 1 saturated carbocycles. The molecule has 13 heavy (non-hydrogen) atoms. The molecule has 0 aromatic carbocycles. The zero-order chi connectivity index (χ0) is 10.0. The van der Waals surface area contributed by atoms with Crippen LogP contribution in [0.15, 0.2) is 12.7 Å². The summed E-state index contributed by atoms with van der Waals surface area (Å²) in [6.07, 6.45) is 2.07. The highest BCUT2D eigenvalue weighted by molar-refractivity contribution is 5.89. The number of nitrogens with one attached hydrogen (secondary N) is 1. The monoisotopic (exact) mass is 183 g/mol. The Morgan fingerprint density at radius 1 is 1.62 bits per heavy atom. The maximum atomic E-state index is 11.3. The van der Waals surface area contributed by atoms with Crippen LogP contribution in [-0.4, -0.2) is 23.0 Å². The van der Waals surface area contributed by atoms with Crippen LogP contribution in [0.4, 0.5) is 0 Å². The summed E-state index contributed by atoms with van der Waals surface area (Å²) >= 11 is 0. The van der Waals surface area contributed by atoms with E-state index in [9.17, 15) is 9.59 Å². The number of amides is 1. The van der Waals surface area contributed by atoms with Crippen molar-refractivity contribution in [1.29, 1.82) is 0 Å². The largest absolute Gasteiger partial charge is 0.481 e. The minimum atomic E-state index is -0.883. The van der Waals surface area contributed by atoms with Crippen LogP contribution in [-0.2, 0) is 9.59 Å². The van der Waals surface area contributed by atoms with Crippen LogP contribution in [0.5, 0.6) is 0 Å². The first-order valence-electron chi connectivity index (χ1n) is 4.22. The number of carboxylic acids is 1. The van der Waals surface area contributed by atoms with Crippen molar-refractivity contribution in [1.82, 2.24) is 5.32 Å². The lowest BCUT2D eigenvalue weighted by atomic mass is 10.2. The smallest absolute Gasteiger partial charge is 0.307 e. The molecule has 1 rings (SSSR count). The highest BCUT2D eigenvalue weighted by atomic mass is 16.4. The molecule has 1 aliphatic carbocycles. The van der Waals surface area contributed by atoms with E-state index in [0.29, 0.717) is 6.42 Å². The molecule has 0 saturated heterocycles. The predicted octanol–water partition coefficient (Wildman–Crippen LogP) is 0.398. The predicted molar refractivity (Wildman–Crippen MR) is 47.0 cm³/mol. The van der Waals surface area contributed by atoms with E-state index in [-0.39, 0.29) is 17.9 Å². The maximum Gasteiger partial charge on any atom is 0.307 e. The summed E-state index contributed by atoms with van der Waals surface area (Å²) in [5, 5.41) is 11.2. The van der Waals surface area contributed by atoms with E-state index < -0.39 is 11.9 Å². The van der Waals surface area contributed by atoms with Crippen molar-refractivity contribution in [2.45, 2.75) is 19.4 Å². The SMILES string of the molecule is C=CC(C)NC(=O)C1CC1C(=O)O. The summed E-state index contributed by atoms with van der Waals surface area (Å²) in [5.74, 6) is -1.87. The first-order valence-corrected chi connectivity index (χ1v) is 4.22. The molecular weight excluding hydrogens is 170 g/mol. The number of carboxylic acid groups (broad SMARTS) is 1. The second kappa shape index (κ2) is 3.60. The molecule has 3 atom stereocenters. The van der Waals surface area contributed by atoms with Crippen LogP contribution < -0.4 is 5.32 Å². The molecule has 72 valence electrons. The summed E-state index contributed by atoms with van der Waals surface area (Å²) in [6.45, 7) is 5.31. The number of aliphatic carboxylic acids is 1. The Labute approximate surface area is 76.6 Å². The molecule has 0 heterocycles. The van der Waals surface area contributed by atoms with Gasteiger partial charge >= 0.3 is 5.97 Å². The van der Waals surface area contributed by atoms with Gasteiger partial charge in [0.1, 0.15) is 0 Å². The fourth-order valence-electron chi connectivity index (χ4n) is 1.15. The number of carbonyl (C=O) groups excluding carboxylic acids is 1. The van der Waals surface area contributed by atoms with Gasteiger partial charge in [-0.25, -0.2) is 0 Å². The van der Waals surface area contributed by atoms with Gasteiger partial charge in [-0.1, -0.05) is 6.08 Å². The Bertz CT molecular complexity index is 249. The molecule has 1 fully saturated rings. The van der Waals surface area contributed by atoms with Crippen LogP contribution >= 0.6 is 0 Å². The van der Waals surface area contributed by atoms with Crippen LogP contribution in [0, 0.1) is 11.8 Å². The van der Waals surface area contributed by atoms with Crippen LogP contribution in [0.2, 0.25) is 0 Å². The van der Waals surface area contributed by atoms with Gasteiger partial charge in [0.25, 0.3) is 0 Å². The van der Waals surface area contributed by atoms with E-state index in [4.69, 9.17) is 5.11 Å². The second-order valence-electron chi connectivity index (χ2n) is 3.32. The van der Waals surface area contributed by atoms with Gasteiger partial charge in [0.05, 0.1) is 11.8 Å². The topological polar surface area (TPSA) is 66.4 Å². The zero-order valence-corrected chi connectivity index (χ0v) is 7.49. The Kier molecular flexibility index (Phi) is 2.70. The lowest BCUT2D eigenvalue weighted by molar-refractivity contribution is -0.140. The first-order chi connectivity index (χ1) is 6.06. The highest BCUT2D eigenvalue weighted by Gasteiger charge is 2.48. The van der Waals surface area contributed by atoms with Gasteiger partial charge in [-0.2, -0.15) is 0 Å². The molecule has 0 aromatic heterocycles. The molecule has 4 heteroatoms. The normalized spacial score (nSPS) is 27.5. The van der Waals surface area contributed by atoms with Gasteiger partial charge in [0.2, 0.25) is 5.91 Å². The van der Waals surface area contributed by atoms with Crippen molar-refractivity contribution in [2.75, 3.05) is 0 Å². The van der Waals surface area contributed by atoms with Crippen molar-refractivity contribution in [3.05, 3.63) is 12.7 Å². The van der Waals surface area contributed by atoms with Gasteiger partial charge in [-0.3, -0.25) is 9.59 Å². The third-order valence-electron chi connectivity index (χ3n) is 2.17. The van der Waals surface area contributed by atoms with Crippen molar-refractivity contribution in [2.24, 2.45) is 11.8 Å². The second-order valence-corrected chi connectivity index (χ2v) is 3.32. The average molecular weight is 183 g/mol. The van der Waals surface area contributed by atoms with Gasteiger partial charge in [-0.05, 0) is 13.3 Å². The lowest BCUT2D eigenvalue weighted by Gasteiger charge is -2.07. The number of carbonyl (C=O) groups is 2. The lowest BCUT2D eigenvalue weighted by Crippen LogP contribution is -2.32. The molecule has 3 unspecified atom stereocenters. The fourth-order valence-corrected chi connectivity index (χ4v) is 1.15. The maximum absolute atomic E-state index is 11.3.